The topological polar surface area (TPSA) is 77.9 Å². The van der Waals surface area contributed by atoms with Crippen LogP contribution in [-0.4, -0.2) is 60.1 Å². The van der Waals surface area contributed by atoms with Crippen LogP contribution in [-0.2, 0) is 26.7 Å². The molecule has 4 rings (SSSR count). The third-order valence-electron chi connectivity index (χ3n) is 8.08. The van der Waals surface area contributed by atoms with E-state index in [-0.39, 0.29) is 22.8 Å². The van der Waals surface area contributed by atoms with E-state index < -0.39 is 16.1 Å². The van der Waals surface area contributed by atoms with E-state index in [0.717, 1.165) is 24.8 Å². The highest BCUT2D eigenvalue weighted by molar-refractivity contribution is 7.88. The van der Waals surface area contributed by atoms with Gasteiger partial charge in [-0.05, 0) is 48.3 Å². The van der Waals surface area contributed by atoms with Crippen LogP contribution in [0.3, 0.4) is 0 Å². The van der Waals surface area contributed by atoms with Gasteiger partial charge in [-0.3, -0.25) is 4.79 Å². The van der Waals surface area contributed by atoms with Crippen LogP contribution in [0.5, 0.6) is 5.75 Å². The minimum absolute atomic E-state index is 0.0714. The zero-order valence-corrected chi connectivity index (χ0v) is 18.6. The maximum atomic E-state index is 13.7. The monoisotopic (exact) mass is 420 g/mol. The van der Waals surface area contributed by atoms with Gasteiger partial charge in [-0.2, -0.15) is 4.31 Å². The summed E-state index contributed by atoms with van der Waals surface area (Å²) in [5.74, 6) is 0.216. The summed E-state index contributed by atoms with van der Waals surface area (Å²) in [5, 5.41) is 10.5. The number of piperidine rings is 2. The zero-order chi connectivity index (χ0) is 21.2. The maximum Gasteiger partial charge on any atom is 0.241 e. The van der Waals surface area contributed by atoms with Gasteiger partial charge in [-0.15, -0.1) is 0 Å². The van der Waals surface area contributed by atoms with Crippen LogP contribution in [0.1, 0.15) is 57.6 Å². The normalized spacial score (nSPS) is 31.9. The zero-order valence-electron chi connectivity index (χ0n) is 17.8. The molecule has 2 bridgehead atoms. The number of carbonyl (C=O) groups excluding carboxylic acids is 1. The van der Waals surface area contributed by atoms with Crippen LogP contribution in [0, 0.1) is 5.41 Å². The van der Waals surface area contributed by atoms with Crippen molar-refractivity contribution in [1.82, 2.24) is 9.21 Å². The molecular formula is C22H32N2O4S. The number of benzene rings is 1. The average molecular weight is 421 g/mol. The van der Waals surface area contributed by atoms with Gasteiger partial charge in [0.2, 0.25) is 15.9 Å². The second-order valence-corrected chi connectivity index (χ2v) is 11.7. The summed E-state index contributed by atoms with van der Waals surface area (Å²) in [6.07, 6.45) is 4.84. The highest BCUT2D eigenvalue weighted by atomic mass is 32.2. The lowest BCUT2D eigenvalue weighted by atomic mass is 9.51. The molecule has 0 saturated carbocycles. The van der Waals surface area contributed by atoms with E-state index in [0.29, 0.717) is 31.7 Å². The van der Waals surface area contributed by atoms with E-state index in [4.69, 9.17) is 0 Å². The van der Waals surface area contributed by atoms with E-state index in [9.17, 15) is 18.3 Å². The Balaban J connectivity index is 1.73. The van der Waals surface area contributed by atoms with Gasteiger partial charge in [-0.1, -0.05) is 39.3 Å². The van der Waals surface area contributed by atoms with E-state index in [1.807, 2.05) is 11.0 Å². The molecule has 0 spiro atoms. The summed E-state index contributed by atoms with van der Waals surface area (Å²) >= 11 is 0. The van der Waals surface area contributed by atoms with Gasteiger partial charge in [-0.25, -0.2) is 8.42 Å². The van der Waals surface area contributed by atoms with E-state index in [1.165, 1.54) is 16.1 Å². The van der Waals surface area contributed by atoms with Gasteiger partial charge >= 0.3 is 0 Å². The number of amides is 1. The number of rotatable bonds is 2. The predicted octanol–water partition coefficient (Wildman–Crippen LogP) is 2.65. The number of sulfonamides is 1. The van der Waals surface area contributed by atoms with Crippen LogP contribution in [0.25, 0.3) is 0 Å². The molecule has 1 aromatic rings. The van der Waals surface area contributed by atoms with Crippen LogP contribution in [0.2, 0.25) is 0 Å². The van der Waals surface area contributed by atoms with Crippen molar-refractivity contribution in [2.24, 2.45) is 5.41 Å². The SMILES string of the molecule is CC1(C)[C@H]2Cc3c(O)cccc3[C@]1(C)CCN2C(=O)C1CCCCN1S(C)(=O)=O. The molecule has 1 amide bonds. The van der Waals surface area contributed by atoms with Crippen molar-refractivity contribution in [2.45, 2.75) is 70.4 Å². The Labute approximate surface area is 173 Å². The van der Waals surface area contributed by atoms with Crippen LogP contribution >= 0.6 is 0 Å². The molecule has 0 aromatic heterocycles. The highest BCUT2D eigenvalue weighted by Crippen LogP contribution is 2.57. The molecule has 3 atom stereocenters. The lowest BCUT2D eigenvalue weighted by Crippen LogP contribution is -2.67. The minimum Gasteiger partial charge on any atom is -0.508 e. The number of hydrogen-bond donors (Lipinski definition) is 1. The minimum atomic E-state index is -3.43. The number of likely N-dealkylation sites (tertiary alicyclic amines) is 1. The first kappa shape index (κ1) is 20.7. The Morgan fingerprint density at radius 2 is 1.90 bits per heavy atom. The second kappa shape index (κ2) is 6.71. The van der Waals surface area contributed by atoms with Crippen molar-refractivity contribution in [3.63, 3.8) is 0 Å². The molecule has 1 aliphatic carbocycles. The number of nitrogens with zero attached hydrogens (tertiary/aromatic N) is 2. The van der Waals surface area contributed by atoms with Crippen molar-refractivity contribution >= 4 is 15.9 Å². The number of phenolic OH excluding ortho intramolecular Hbond substituents is 1. The summed E-state index contributed by atoms with van der Waals surface area (Å²) in [7, 11) is -3.43. The van der Waals surface area contributed by atoms with Crippen molar-refractivity contribution in [1.29, 1.82) is 0 Å². The van der Waals surface area contributed by atoms with Gasteiger partial charge in [0.25, 0.3) is 0 Å². The molecule has 3 aliphatic rings. The molecule has 2 saturated heterocycles. The third kappa shape index (κ3) is 3.00. The van der Waals surface area contributed by atoms with E-state index in [1.54, 1.807) is 6.07 Å². The molecule has 1 N–H and O–H groups in total. The van der Waals surface area contributed by atoms with Crippen molar-refractivity contribution in [3.05, 3.63) is 29.3 Å². The third-order valence-corrected chi connectivity index (χ3v) is 9.36. The molecule has 7 heteroatoms. The first-order valence-corrected chi connectivity index (χ1v) is 12.4. The molecule has 2 heterocycles. The number of hydrogen-bond acceptors (Lipinski definition) is 4. The van der Waals surface area contributed by atoms with E-state index in [2.05, 4.69) is 26.8 Å². The lowest BCUT2D eigenvalue weighted by molar-refractivity contribution is -0.148. The summed E-state index contributed by atoms with van der Waals surface area (Å²) in [4.78, 5) is 15.6. The molecular weight excluding hydrogens is 388 g/mol. The fourth-order valence-corrected chi connectivity index (χ4v) is 7.05. The summed E-state index contributed by atoms with van der Waals surface area (Å²) in [5.41, 5.74) is 1.78. The van der Waals surface area contributed by atoms with Gasteiger partial charge in [0, 0.05) is 24.5 Å². The predicted molar refractivity (Wildman–Crippen MR) is 112 cm³/mol. The van der Waals surface area contributed by atoms with Crippen LogP contribution in [0.15, 0.2) is 18.2 Å². The van der Waals surface area contributed by atoms with Crippen molar-refractivity contribution < 1.29 is 18.3 Å². The molecule has 6 nitrogen and oxygen atoms in total. The summed E-state index contributed by atoms with van der Waals surface area (Å²) in [6, 6.07) is 5.05. The van der Waals surface area contributed by atoms with Crippen molar-refractivity contribution in [3.8, 4) is 5.75 Å². The van der Waals surface area contributed by atoms with E-state index >= 15 is 0 Å². The summed E-state index contributed by atoms with van der Waals surface area (Å²) < 4.78 is 26.0. The standard InChI is InChI=1S/C22H32N2O4S/c1-21(2)19-14-15-16(8-7-10-18(15)25)22(21,3)11-13-23(19)20(26)17-9-5-6-12-24(17)29(4,27)28/h7-8,10,17,19,25H,5-6,9,11-14H2,1-4H3/t17?,19-,22+/m1/s1. The molecule has 1 unspecified atom stereocenters. The highest BCUT2D eigenvalue weighted by Gasteiger charge is 2.58. The average Bonchev–Trinajstić information content (AvgIpc) is 2.64. The smallest absolute Gasteiger partial charge is 0.241 e. The van der Waals surface area contributed by atoms with Gasteiger partial charge in [0.1, 0.15) is 11.8 Å². The Bertz CT molecular complexity index is 942. The number of carbonyl (C=O) groups is 1. The lowest BCUT2D eigenvalue weighted by Gasteiger charge is -2.61. The molecule has 29 heavy (non-hydrogen) atoms. The number of fused-ring (bicyclic) bond motifs is 4. The van der Waals surface area contributed by atoms with Gasteiger partial charge in [0.05, 0.1) is 6.26 Å². The Morgan fingerprint density at radius 3 is 2.59 bits per heavy atom. The quantitative estimate of drug-likeness (QED) is 0.798. The molecule has 2 aliphatic heterocycles. The Hall–Kier alpha value is -1.60. The van der Waals surface area contributed by atoms with Crippen molar-refractivity contribution in [2.75, 3.05) is 19.3 Å². The molecule has 2 fully saturated rings. The molecule has 160 valence electrons. The van der Waals surface area contributed by atoms with Crippen LogP contribution in [0.4, 0.5) is 0 Å². The fraction of sp³-hybridized carbons (Fsp3) is 0.682. The van der Waals surface area contributed by atoms with Crippen LogP contribution < -0.4 is 0 Å². The fourth-order valence-electron chi connectivity index (χ4n) is 5.93. The first-order chi connectivity index (χ1) is 13.5. The largest absolute Gasteiger partial charge is 0.508 e. The van der Waals surface area contributed by atoms with Gasteiger partial charge in [0.15, 0.2) is 0 Å². The molecule has 0 radical (unpaired) electrons. The maximum absolute atomic E-state index is 13.7. The number of phenols is 1. The molecule has 1 aromatic carbocycles. The Morgan fingerprint density at radius 1 is 1.17 bits per heavy atom. The second-order valence-electron chi connectivity index (χ2n) is 9.74. The first-order valence-electron chi connectivity index (χ1n) is 10.6. The number of aromatic hydroxyl groups is 1. The Kier molecular flexibility index (Phi) is 4.78. The van der Waals surface area contributed by atoms with Gasteiger partial charge < -0.3 is 10.0 Å². The summed E-state index contributed by atoms with van der Waals surface area (Å²) in [6.45, 7) is 7.69.